The summed E-state index contributed by atoms with van der Waals surface area (Å²) in [4.78, 5) is 12.2. The number of phenolic OH excluding ortho intramolecular Hbond substituents is 1. The first-order valence-electron chi connectivity index (χ1n) is 7.08. The van der Waals surface area contributed by atoms with E-state index in [0.29, 0.717) is 12.0 Å². The van der Waals surface area contributed by atoms with E-state index in [4.69, 9.17) is 0 Å². The molecule has 1 aliphatic heterocycles. The number of anilines is 1. The Bertz CT molecular complexity index is 449. The molecule has 1 aromatic rings. The van der Waals surface area contributed by atoms with Crippen LogP contribution in [0.1, 0.15) is 32.1 Å². The van der Waals surface area contributed by atoms with E-state index in [0.717, 1.165) is 12.1 Å². The Kier molecular flexibility index (Phi) is 4.89. The zero-order chi connectivity index (χ0) is 13.2. The molecule has 3 atom stereocenters. The fraction of sp³-hybridized carbons (Fsp3) is 0.533. The smallest absolute Gasteiger partial charge is 0.241 e. The van der Waals surface area contributed by atoms with Gasteiger partial charge < -0.3 is 15.7 Å². The summed E-state index contributed by atoms with van der Waals surface area (Å²) in [6.45, 7) is 0. The maximum atomic E-state index is 12.2. The minimum atomic E-state index is -0.0677. The molecule has 3 N–H and O–H groups in total. The van der Waals surface area contributed by atoms with Crippen molar-refractivity contribution in [2.24, 2.45) is 5.92 Å². The van der Waals surface area contributed by atoms with Gasteiger partial charge in [0.25, 0.3) is 0 Å². The Morgan fingerprint density at radius 3 is 2.60 bits per heavy atom. The highest BCUT2D eigenvalue weighted by atomic mass is 35.5. The van der Waals surface area contributed by atoms with E-state index in [9.17, 15) is 9.90 Å². The van der Waals surface area contributed by atoms with Crippen LogP contribution in [0.3, 0.4) is 0 Å². The first-order chi connectivity index (χ1) is 9.22. The lowest BCUT2D eigenvalue weighted by atomic mass is 9.85. The van der Waals surface area contributed by atoms with Crippen molar-refractivity contribution in [3.63, 3.8) is 0 Å². The van der Waals surface area contributed by atoms with Crippen LogP contribution in [0.15, 0.2) is 24.3 Å². The van der Waals surface area contributed by atoms with Crippen molar-refractivity contribution in [2.45, 2.75) is 44.2 Å². The number of aromatic hydroxyl groups is 1. The van der Waals surface area contributed by atoms with Crippen LogP contribution in [0.25, 0.3) is 0 Å². The molecule has 2 fully saturated rings. The number of carbonyl (C=O) groups is 1. The minimum Gasteiger partial charge on any atom is -0.508 e. The largest absolute Gasteiger partial charge is 0.508 e. The minimum absolute atomic E-state index is 0. The Hall–Kier alpha value is -1.26. The van der Waals surface area contributed by atoms with E-state index in [2.05, 4.69) is 10.6 Å². The van der Waals surface area contributed by atoms with Gasteiger partial charge in [-0.3, -0.25) is 4.79 Å². The molecule has 0 spiro atoms. The molecule has 0 radical (unpaired) electrons. The average Bonchev–Trinajstić information content (AvgIpc) is 2.85. The third kappa shape index (κ3) is 3.25. The van der Waals surface area contributed by atoms with E-state index >= 15 is 0 Å². The molecule has 110 valence electrons. The van der Waals surface area contributed by atoms with Gasteiger partial charge in [-0.15, -0.1) is 12.4 Å². The Balaban J connectivity index is 0.00000147. The van der Waals surface area contributed by atoms with Gasteiger partial charge in [0, 0.05) is 11.7 Å². The summed E-state index contributed by atoms with van der Waals surface area (Å²) in [6, 6.07) is 7.06. The summed E-state index contributed by atoms with van der Waals surface area (Å²) in [5.74, 6) is 0.924. The summed E-state index contributed by atoms with van der Waals surface area (Å²) < 4.78 is 0. The van der Waals surface area contributed by atoms with Gasteiger partial charge in [0.2, 0.25) is 5.91 Å². The maximum Gasteiger partial charge on any atom is 0.241 e. The highest BCUT2D eigenvalue weighted by Crippen LogP contribution is 2.33. The Labute approximate surface area is 125 Å². The fourth-order valence-corrected chi connectivity index (χ4v) is 3.30. The third-order valence-corrected chi connectivity index (χ3v) is 4.31. The fourth-order valence-electron chi connectivity index (χ4n) is 3.30. The van der Waals surface area contributed by atoms with Crippen LogP contribution >= 0.6 is 12.4 Å². The molecule has 0 bridgehead atoms. The van der Waals surface area contributed by atoms with Crippen molar-refractivity contribution < 1.29 is 9.90 Å². The number of carbonyl (C=O) groups excluding carboxylic acids is 1. The molecule has 2 aliphatic rings. The molecule has 4 nitrogen and oxygen atoms in total. The van der Waals surface area contributed by atoms with E-state index in [1.54, 1.807) is 24.3 Å². The highest BCUT2D eigenvalue weighted by molar-refractivity contribution is 5.95. The van der Waals surface area contributed by atoms with E-state index in [-0.39, 0.29) is 30.1 Å². The molecule has 1 aliphatic carbocycles. The summed E-state index contributed by atoms with van der Waals surface area (Å²) in [5.41, 5.74) is 0.736. The quantitative estimate of drug-likeness (QED) is 0.735. The van der Waals surface area contributed by atoms with Crippen LogP contribution in [0, 0.1) is 5.92 Å². The maximum absolute atomic E-state index is 12.2. The highest BCUT2D eigenvalue weighted by Gasteiger charge is 2.38. The van der Waals surface area contributed by atoms with E-state index in [1.165, 1.54) is 25.7 Å². The van der Waals surface area contributed by atoms with Gasteiger partial charge in [0.15, 0.2) is 0 Å². The number of halogens is 1. The van der Waals surface area contributed by atoms with Crippen LogP contribution < -0.4 is 10.6 Å². The lowest BCUT2D eigenvalue weighted by Gasteiger charge is -2.24. The first-order valence-corrected chi connectivity index (χ1v) is 7.08. The van der Waals surface area contributed by atoms with Crippen molar-refractivity contribution in [2.75, 3.05) is 5.32 Å². The van der Waals surface area contributed by atoms with Crippen LogP contribution in [-0.4, -0.2) is 23.1 Å². The number of benzene rings is 1. The van der Waals surface area contributed by atoms with Gasteiger partial charge in [-0.25, -0.2) is 0 Å². The standard InChI is InChI=1S/C15H20N2O2.ClH/c18-12-7-5-11(6-8-12)16-15(19)14-9-10-3-1-2-4-13(10)17-14;/h5-8,10,13-14,17-18H,1-4,9H2,(H,16,19);1H. The van der Waals surface area contributed by atoms with Crippen molar-refractivity contribution >= 4 is 24.0 Å². The molecule has 0 aromatic heterocycles. The topological polar surface area (TPSA) is 61.4 Å². The molecule has 1 aromatic carbocycles. The molecule has 3 unspecified atom stereocenters. The summed E-state index contributed by atoms with van der Waals surface area (Å²) in [6.07, 6.45) is 5.98. The van der Waals surface area contributed by atoms with Crippen LogP contribution in [-0.2, 0) is 4.79 Å². The number of rotatable bonds is 2. The molecule has 1 amide bonds. The van der Waals surface area contributed by atoms with Gasteiger partial charge in [0.1, 0.15) is 5.75 Å². The van der Waals surface area contributed by atoms with Crippen molar-refractivity contribution in [3.8, 4) is 5.75 Å². The zero-order valence-corrected chi connectivity index (χ0v) is 12.2. The van der Waals surface area contributed by atoms with Crippen LogP contribution in [0.2, 0.25) is 0 Å². The number of hydrogen-bond donors (Lipinski definition) is 3. The molecule has 1 saturated heterocycles. The van der Waals surface area contributed by atoms with E-state index in [1.807, 2.05) is 0 Å². The summed E-state index contributed by atoms with van der Waals surface area (Å²) in [5, 5.41) is 15.6. The Morgan fingerprint density at radius 1 is 1.20 bits per heavy atom. The van der Waals surface area contributed by atoms with Gasteiger partial charge in [-0.1, -0.05) is 12.8 Å². The average molecular weight is 297 g/mol. The number of amides is 1. The molecule has 5 heteroatoms. The van der Waals surface area contributed by atoms with Crippen molar-refractivity contribution in [1.82, 2.24) is 5.32 Å². The van der Waals surface area contributed by atoms with Crippen molar-refractivity contribution in [3.05, 3.63) is 24.3 Å². The van der Waals surface area contributed by atoms with Crippen LogP contribution in [0.5, 0.6) is 5.75 Å². The molecule has 3 rings (SSSR count). The first kappa shape index (κ1) is 15.1. The summed E-state index contributed by atoms with van der Waals surface area (Å²) >= 11 is 0. The second-order valence-corrected chi connectivity index (χ2v) is 5.64. The lowest BCUT2D eigenvalue weighted by molar-refractivity contribution is -0.117. The van der Waals surface area contributed by atoms with Crippen LogP contribution in [0.4, 0.5) is 5.69 Å². The SMILES string of the molecule is Cl.O=C(Nc1ccc(O)cc1)C1CC2CCCCC2N1. The van der Waals surface area contributed by atoms with Gasteiger partial charge >= 0.3 is 0 Å². The lowest BCUT2D eigenvalue weighted by Crippen LogP contribution is -2.39. The summed E-state index contributed by atoms with van der Waals surface area (Å²) in [7, 11) is 0. The molecule has 20 heavy (non-hydrogen) atoms. The second kappa shape index (κ2) is 6.46. The number of fused-ring (bicyclic) bond motifs is 1. The molecule has 1 saturated carbocycles. The second-order valence-electron chi connectivity index (χ2n) is 5.64. The normalized spacial score (nSPS) is 28.3. The van der Waals surface area contributed by atoms with E-state index < -0.39 is 0 Å². The van der Waals surface area contributed by atoms with Crippen molar-refractivity contribution in [1.29, 1.82) is 0 Å². The zero-order valence-electron chi connectivity index (χ0n) is 11.3. The predicted octanol–water partition coefficient (Wildman–Crippen LogP) is 2.67. The van der Waals surface area contributed by atoms with Gasteiger partial charge in [-0.2, -0.15) is 0 Å². The Morgan fingerprint density at radius 2 is 1.90 bits per heavy atom. The third-order valence-electron chi connectivity index (χ3n) is 4.31. The van der Waals surface area contributed by atoms with Gasteiger partial charge in [-0.05, 0) is 49.4 Å². The number of phenols is 1. The molecule has 1 heterocycles. The monoisotopic (exact) mass is 296 g/mol. The number of nitrogens with one attached hydrogen (secondary N) is 2. The molecular weight excluding hydrogens is 276 g/mol. The predicted molar refractivity (Wildman–Crippen MR) is 81.3 cm³/mol. The van der Waals surface area contributed by atoms with Gasteiger partial charge in [0.05, 0.1) is 6.04 Å². The number of hydrogen-bond acceptors (Lipinski definition) is 3. The molecular formula is C15H21ClN2O2.